The van der Waals surface area contributed by atoms with Gasteiger partial charge in [-0.15, -0.1) is 0 Å². The van der Waals surface area contributed by atoms with Crippen molar-refractivity contribution in [3.05, 3.63) is 0 Å². The van der Waals surface area contributed by atoms with E-state index in [0.29, 0.717) is 19.0 Å². The Labute approximate surface area is 128 Å². The minimum Gasteiger partial charge on any atom is -0.344 e. The molecular formula is C16H31N3O2. The van der Waals surface area contributed by atoms with Gasteiger partial charge in [-0.1, -0.05) is 13.3 Å². The van der Waals surface area contributed by atoms with Crippen molar-refractivity contribution in [2.75, 3.05) is 13.1 Å². The van der Waals surface area contributed by atoms with Crippen LogP contribution >= 0.6 is 0 Å². The molecule has 0 radical (unpaired) electrons. The number of nitrogens with two attached hydrogens (primary N) is 1. The molecule has 4 unspecified atom stereocenters. The predicted octanol–water partition coefficient (Wildman–Crippen LogP) is 1.51. The maximum atomic E-state index is 12.3. The summed E-state index contributed by atoms with van der Waals surface area (Å²) in [4.78, 5) is 26.3. The molecule has 0 bridgehead atoms. The summed E-state index contributed by atoms with van der Waals surface area (Å²) in [5.74, 6) is 0.218. The average molecular weight is 297 g/mol. The zero-order valence-corrected chi connectivity index (χ0v) is 13.9. The predicted molar refractivity (Wildman–Crippen MR) is 84.6 cm³/mol. The van der Waals surface area contributed by atoms with Crippen LogP contribution in [0, 0.1) is 11.8 Å². The summed E-state index contributed by atoms with van der Waals surface area (Å²) in [5, 5.41) is 2.87. The second-order valence-electron chi connectivity index (χ2n) is 6.22. The smallest absolute Gasteiger partial charge is 0.244 e. The molecule has 21 heavy (non-hydrogen) atoms. The van der Waals surface area contributed by atoms with Gasteiger partial charge in [-0.2, -0.15) is 0 Å². The number of rotatable bonds is 6. The standard InChI is InChI=1S/C16H31N3O2/c1-5-19(6-2)16(21)12(4)18-15(20)11(3)13-8-7-9-14(17)10-13/h11-14H,5-10,17H2,1-4H3,(H,18,20). The number of nitrogens with one attached hydrogen (secondary N) is 1. The Balaban J connectivity index is 2.53. The summed E-state index contributed by atoms with van der Waals surface area (Å²) >= 11 is 0. The minimum atomic E-state index is -0.461. The van der Waals surface area contributed by atoms with Crippen LogP contribution in [0.1, 0.15) is 53.4 Å². The Morgan fingerprint density at radius 3 is 2.38 bits per heavy atom. The Kier molecular flexibility index (Phi) is 7.15. The van der Waals surface area contributed by atoms with Crippen LogP contribution in [0.4, 0.5) is 0 Å². The largest absolute Gasteiger partial charge is 0.344 e. The van der Waals surface area contributed by atoms with Crippen LogP contribution in [-0.4, -0.2) is 41.9 Å². The summed E-state index contributed by atoms with van der Waals surface area (Å²) in [7, 11) is 0. The summed E-state index contributed by atoms with van der Waals surface area (Å²) < 4.78 is 0. The van der Waals surface area contributed by atoms with Gasteiger partial charge in [-0.05, 0) is 46.0 Å². The van der Waals surface area contributed by atoms with Crippen LogP contribution < -0.4 is 11.1 Å². The van der Waals surface area contributed by atoms with Crippen LogP contribution in [0.2, 0.25) is 0 Å². The van der Waals surface area contributed by atoms with Gasteiger partial charge < -0.3 is 16.0 Å². The molecule has 1 fully saturated rings. The summed E-state index contributed by atoms with van der Waals surface area (Å²) in [6, 6.07) is -0.245. The fourth-order valence-corrected chi connectivity index (χ4v) is 3.15. The second kappa shape index (κ2) is 8.37. The highest BCUT2D eigenvalue weighted by Crippen LogP contribution is 2.29. The number of hydrogen-bond donors (Lipinski definition) is 2. The van der Waals surface area contributed by atoms with Gasteiger partial charge in [0.15, 0.2) is 0 Å². The molecule has 2 amide bonds. The maximum absolute atomic E-state index is 12.3. The van der Waals surface area contributed by atoms with Gasteiger partial charge in [0, 0.05) is 25.0 Å². The van der Waals surface area contributed by atoms with Crippen LogP contribution in [0.3, 0.4) is 0 Å². The molecule has 1 aliphatic carbocycles. The summed E-state index contributed by atoms with van der Waals surface area (Å²) in [6.07, 6.45) is 4.12. The van der Waals surface area contributed by atoms with Crippen molar-refractivity contribution in [1.29, 1.82) is 0 Å². The normalized spacial score (nSPS) is 25.0. The van der Waals surface area contributed by atoms with Gasteiger partial charge in [0.2, 0.25) is 11.8 Å². The summed E-state index contributed by atoms with van der Waals surface area (Å²) in [5.41, 5.74) is 6.00. The fraction of sp³-hybridized carbons (Fsp3) is 0.875. The molecule has 5 heteroatoms. The SMILES string of the molecule is CCN(CC)C(=O)C(C)NC(=O)C(C)C1CCCC(N)C1. The van der Waals surface area contributed by atoms with E-state index in [9.17, 15) is 9.59 Å². The molecule has 0 aliphatic heterocycles. The van der Waals surface area contributed by atoms with Gasteiger partial charge in [-0.25, -0.2) is 0 Å². The average Bonchev–Trinajstić information content (AvgIpc) is 2.47. The first-order valence-electron chi connectivity index (χ1n) is 8.25. The third-order valence-corrected chi connectivity index (χ3v) is 4.68. The lowest BCUT2D eigenvalue weighted by Crippen LogP contribution is -2.49. The van der Waals surface area contributed by atoms with E-state index in [2.05, 4.69) is 5.32 Å². The molecule has 0 aromatic heterocycles. The molecule has 0 heterocycles. The van der Waals surface area contributed by atoms with E-state index in [1.54, 1.807) is 11.8 Å². The van der Waals surface area contributed by atoms with Crippen molar-refractivity contribution < 1.29 is 9.59 Å². The van der Waals surface area contributed by atoms with Gasteiger partial charge in [0.25, 0.3) is 0 Å². The lowest BCUT2D eigenvalue weighted by atomic mass is 9.78. The van der Waals surface area contributed by atoms with Crippen LogP contribution in [0.5, 0.6) is 0 Å². The van der Waals surface area contributed by atoms with E-state index >= 15 is 0 Å². The van der Waals surface area contributed by atoms with Gasteiger partial charge >= 0.3 is 0 Å². The third-order valence-electron chi connectivity index (χ3n) is 4.68. The molecule has 1 saturated carbocycles. The van der Waals surface area contributed by atoms with Crippen molar-refractivity contribution in [1.82, 2.24) is 10.2 Å². The Bertz CT molecular complexity index is 355. The second-order valence-corrected chi connectivity index (χ2v) is 6.22. The number of likely N-dealkylation sites (N-methyl/N-ethyl adjacent to an activating group) is 1. The lowest BCUT2D eigenvalue weighted by molar-refractivity contribution is -0.137. The molecule has 5 nitrogen and oxygen atoms in total. The molecule has 3 N–H and O–H groups in total. The number of hydrogen-bond acceptors (Lipinski definition) is 3. The first-order chi connectivity index (χ1) is 9.90. The molecular weight excluding hydrogens is 266 g/mol. The van der Waals surface area contributed by atoms with E-state index < -0.39 is 6.04 Å². The van der Waals surface area contributed by atoms with E-state index in [4.69, 9.17) is 5.73 Å². The maximum Gasteiger partial charge on any atom is 0.244 e. The number of amides is 2. The molecule has 0 aromatic carbocycles. The van der Waals surface area contributed by atoms with Crippen molar-refractivity contribution in [3.8, 4) is 0 Å². The molecule has 1 rings (SSSR count). The van der Waals surface area contributed by atoms with Crippen molar-refractivity contribution in [3.63, 3.8) is 0 Å². The van der Waals surface area contributed by atoms with E-state index in [0.717, 1.165) is 25.7 Å². The molecule has 0 aromatic rings. The first kappa shape index (κ1) is 18.0. The number of carbonyl (C=O) groups excluding carboxylic acids is 2. The third kappa shape index (κ3) is 4.99. The van der Waals surface area contributed by atoms with E-state index in [1.165, 1.54) is 0 Å². The minimum absolute atomic E-state index is 0.0131. The molecule has 4 atom stereocenters. The monoisotopic (exact) mass is 297 g/mol. The van der Waals surface area contributed by atoms with Crippen LogP contribution in [0.25, 0.3) is 0 Å². The molecule has 0 saturated heterocycles. The molecule has 0 spiro atoms. The fourth-order valence-electron chi connectivity index (χ4n) is 3.15. The molecule has 1 aliphatic rings. The van der Waals surface area contributed by atoms with Crippen molar-refractivity contribution in [2.24, 2.45) is 17.6 Å². The van der Waals surface area contributed by atoms with Gasteiger partial charge in [0.05, 0.1) is 0 Å². The van der Waals surface area contributed by atoms with Gasteiger partial charge in [-0.3, -0.25) is 9.59 Å². The zero-order valence-electron chi connectivity index (χ0n) is 13.9. The van der Waals surface area contributed by atoms with Crippen molar-refractivity contribution in [2.45, 2.75) is 65.5 Å². The van der Waals surface area contributed by atoms with Gasteiger partial charge in [0.1, 0.15) is 6.04 Å². The highest BCUT2D eigenvalue weighted by Gasteiger charge is 2.30. The van der Waals surface area contributed by atoms with Crippen LogP contribution in [0.15, 0.2) is 0 Å². The topological polar surface area (TPSA) is 75.4 Å². The zero-order chi connectivity index (χ0) is 16.0. The Hall–Kier alpha value is -1.10. The quantitative estimate of drug-likeness (QED) is 0.780. The highest BCUT2D eigenvalue weighted by molar-refractivity contribution is 5.88. The van der Waals surface area contributed by atoms with E-state index in [1.807, 2.05) is 20.8 Å². The van der Waals surface area contributed by atoms with Crippen LogP contribution in [-0.2, 0) is 9.59 Å². The number of nitrogens with zero attached hydrogens (tertiary/aromatic N) is 1. The first-order valence-corrected chi connectivity index (χ1v) is 8.25. The highest BCUT2D eigenvalue weighted by atomic mass is 16.2. The Morgan fingerprint density at radius 1 is 1.24 bits per heavy atom. The van der Waals surface area contributed by atoms with Crippen molar-refractivity contribution >= 4 is 11.8 Å². The lowest BCUT2D eigenvalue weighted by Gasteiger charge is -2.31. The Morgan fingerprint density at radius 2 is 1.86 bits per heavy atom. The summed E-state index contributed by atoms with van der Waals surface area (Å²) in [6.45, 7) is 8.94. The number of carbonyl (C=O) groups is 2. The van der Waals surface area contributed by atoms with E-state index in [-0.39, 0.29) is 23.8 Å². The molecule has 122 valence electrons.